The molecule has 0 atom stereocenters. The van der Waals surface area contributed by atoms with Crippen LogP contribution in [-0.4, -0.2) is 29.5 Å². The highest BCUT2D eigenvalue weighted by atomic mass is 16.5. The van der Waals surface area contributed by atoms with E-state index in [1.807, 2.05) is 19.9 Å². The summed E-state index contributed by atoms with van der Waals surface area (Å²) in [4.78, 5) is 20.2. The van der Waals surface area contributed by atoms with Gasteiger partial charge in [-0.2, -0.15) is 0 Å². The molecule has 6 nitrogen and oxygen atoms in total. The number of oxazole rings is 1. The normalized spacial score (nSPS) is 10.3. The topological polar surface area (TPSA) is 77.2 Å². The number of amides is 1. The summed E-state index contributed by atoms with van der Waals surface area (Å²) in [7, 11) is 1.56. The quantitative estimate of drug-likeness (QED) is 0.903. The van der Waals surface area contributed by atoms with Crippen LogP contribution in [0.15, 0.2) is 22.7 Å². The highest BCUT2D eigenvalue weighted by Gasteiger charge is 2.18. The second kappa shape index (κ2) is 6.18. The molecule has 0 aliphatic carbocycles. The molecular weight excluding hydrogens is 258 g/mol. The van der Waals surface area contributed by atoms with Crippen LogP contribution in [0.25, 0.3) is 11.3 Å². The fraction of sp³-hybridized carbons (Fsp3) is 0.357. The van der Waals surface area contributed by atoms with Crippen molar-refractivity contribution in [2.45, 2.75) is 20.3 Å². The maximum Gasteiger partial charge on any atom is 0.307 e. The molecule has 0 fully saturated rings. The van der Waals surface area contributed by atoms with Crippen molar-refractivity contribution >= 4 is 5.91 Å². The van der Waals surface area contributed by atoms with Crippen molar-refractivity contribution in [3.8, 4) is 17.1 Å². The Morgan fingerprint density at radius 3 is 2.75 bits per heavy atom. The molecule has 2 aromatic rings. The van der Waals surface area contributed by atoms with Gasteiger partial charge in [0.1, 0.15) is 11.5 Å². The molecule has 20 heavy (non-hydrogen) atoms. The fourth-order valence-corrected chi connectivity index (χ4v) is 1.79. The number of methoxy groups -OCH3 is 1. The summed E-state index contributed by atoms with van der Waals surface area (Å²) in [6.07, 6.45) is 2.30. The first-order chi connectivity index (χ1) is 9.69. The zero-order valence-corrected chi connectivity index (χ0v) is 11.8. The summed E-state index contributed by atoms with van der Waals surface area (Å²) in [6, 6.07) is 3.58. The molecular formula is C14H17N3O3. The highest BCUT2D eigenvalue weighted by Crippen LogP contribution is 2.25. The predicted octanol–water partition coefficient (Wildman–Crippen LogP) is 2.06. The zero-order chi connectivity index (χ0) is 14.5. The minimum atomic E-state index is -0.310. The van der Waals surface area contributed by atoms with E-state index in [0.29, 0.717) is 30.3 Å². The third-order valence-corrected chi connectivity index (χ3v) is 2.77. The number of nitrogens with one attached hydrogen (secondary N) is 1. The van der Waals surface area contributed by atoms with E-state index in [1.165, 1.54) is 0 Å². The molecule has 1 amide bonds. The molecule has 0 aromatic carbocycles. The van der Waals surface area contributed by atoms with E-state index in [1.54, 1.807) is 19.4 Å². The van der Waals surface area contributed by atoms with Crippen LogP contribution in [0.4, 0.5) is 0 Å². The van der Waals surface area contributed by atoms with Gasteiger partial charge in [-0.05, 0) is 13.0 Å². The van der Waals surface area contributed by atoms with Gasteiger partial charge < -0.3 is 14.5 Å². The first-order valence-corrected chi connectivity index (χ1v) is 6.47. The van der Waals surface area contributed by atoms with Crippen LogP contribution in [0, 0.1) is 0 Å². The Morgan fingerprint density at radius 2 is 2.20 bits per heavy atom. The smallest absolute Gasteiger partial charge is 0.307 e. The Bertz CT molecular complexity index is 590. The fourth-order valence-electron chi connectivity index (χ4n) is 1.79. The Kier molecular flexibility index (Phi) is 4.34. The van der Waals surface area contributed by atoms with Gasteiger partial charge in [-0.3, -0.25) is 4.79 Å². The molecule has 6 heteroatoms. The molecule has 0 bridgehead atoms. The van der Waals surface area contributed by atoms with Gasteiger partial charge in [-0.15, -0.1) is 0 Å². The molecule has 2 aromatic heterocycles. The van der Waals surface area contributed by atoms with E-state index >= 15 is 0 Å². The summed E-state index contributed by atoms with van der Waals surface area (Å²) in [6.45, 7) is 4.32. The molecule has 0 unspecified atom stereocenters. The Hall–Kier alpha value is -2.37. The molecule has 0 aliphatic rings. The third kappa shape index (κ3) is 2.79. The molecule has 0 spiro atoms. The van der Waals surface area contributed by atoms with Gasteiger partial charge in [0.15, 0.2) is 0 Å². The number of rotatable bonds is 5. The molecule has 0 saturated heterocycles. The molecule has 0 aliphatic heterocycles. The van der Waals surface area contributed by atoms with E-state index in [4.69, 9.17) is 9.15 Å². The van der Waals surface area contributed by atoms with E-state index < -0.39 is 0 Å². The Balaban J connectivity index is 2.36. The number of aryl methyl sites for hydroxylation is 1. The lowest BCUT2D eigenvalue weighted by atomic mass is 10.1. The first-order valence-electron chi connectivity index (χ1n) is 6.47. The van der Waals surface area contributed by atoms with Gasteiger partial charge in [0.2, 0.25) is 5.88 Å². The molecule has 106 valence electrons. The van der Waals surface area contributed by atoms with Gasteiger partial charge in [-0.25, -0.2) is 9.97 Å². The van der Waals surface area contributed by atoms with Crippen molar-refractivity contribution < 1.29 is 13.9 Å². The minimum Gasteiger partial charge on any atom is -0.481 e. The van der Waals surface area contributed by atoms with E-state index in [9.17, 15) is 4.79 Å². The van der Waals surface area contributed by atoms with Gasteiger partial charge in [0.05, 0.1) is 7.11 Å². The van der Waals surface area contributed by atoms with Crippen molar-refractivity contribution in [2.75, 3.05) is 13.7 Å². The standard InChI is InChI=1S/C14H17N3O3/c1-4-10-12(9-6-7-11(19-3)16-8-9)17-14(20-10)13(18)15-5-2/h6-8H,4-5H2,1-3H3,(H,15,18). The van der Waals surface area contributed by atoms with E-state index in [2.05, 4.69) is 15.3 Å². The minimum absolute atomic E-state index is 0.0783. The van der Waals surface area contributed by atoms with Crippen LogP contribution < -0.4 is 10.1 Å². The number of nitrogens with zero attached hydrogens (tertiary/aromatic N) is 2. The Morgan fingerprint density at radius 1 is 1.40 bits per heavy atom. The number of pyridine rings is 1. The van der Waals surface area contributed by atoms with Crippen molar-refractivity contribution in [3.05, 3.63) is 30.0 Å². The second-order valence-corrected chi connectivity index (χ2v) is 4.09. The van der Waals surface area contributed by atoms with Crippen LogP contribution in [0.3, 0.4) is 0 Å². The predicted molar refractivity (Wildman–Crippen MR) is 73.7 cm³/mol. The van der Waals surface area contributed by atoms with Crippen LogP contribution in [0.5, 0.6) is 5.88 Å². The molecule has 2 rings (SSSR count). The summed E-state index contributed by atoms with van der Waals surface area (Å²) < 4.78 is 10.5. The molecule has 0 radical (unpaired) electrons. The second-order valence-electron chi connectivity index (χ2n) is 4.09. The van der Waals surface area contributed by atoms with Crippen LogP contribution in [0.1, 0.15) is 30.3 Å². The Labute approximate surface area is 117 Å². The first kappa shape index (κ1) is 14.0. The number of hydrogen-bond donors (Lipinski definition) is 1. The maximum absolute atomic E-state index is 11.8. The monoisotopic (exact) mass is 275 g/mol. The lowest BCUT2D eigenvalue weighted by Gasteiger charge is -2.00. The lowest BCUT2D eigenvalue weighted by molar-refractivity contribution is 0.0919. The number of carbonyl (C=O) groups is 1. The summed E-state index contributed by atoms with van der Waals surface area (Å²) in [5.41, 5.74) is 1.44. The van der Waals surface area contributed by atoms with E-state index in [0.717, 1.165) is 5.56 Å². The van der Waals surface area contributed by atoms with Gasteiger partial charge in [-0.1, -0.05) is 6.92 Å². The van der Waals surface area contributed by atoms with Gasteiger partial charge in [0, 0.05) is 30.8 Å². The lowest BCUT2D eigenvalue weighted by Crippen LogP contribution is -2.22. The molecule has 0 saturated carbocycles. The molecule has 1 N–H and O–H groups in total. The average molecular weight is 275 g/mol. The van der Waals surface area contributed by atoms with Crippen LogP contribution >= 0.6 is 0 Å². The van der Waals surface area contributed by atoms with Gasteiger partial charge >= 0.3 is 5.91 Å². The molecule has 2 heterocycles. The van der Waals surface area contributed by atoms with Crippen LogP contribution in [0.2, 0.25) is 0 Å². The summed E-state index contributed by atoms with van der Waals surface area (Å²) in [5.74, 6) is 0.960. The van der Waals surface area contributed by atoms with Crippen molar-refractivity contribution in [2.24, 2.45) is 0 Å². The van der Waals surface area contributed by atoms with Crippen LogP contribution in [-0.2, 0) is 6.42 Å². The van der Waals surface area contributed by atoms with Crippen molar-refractivity contribution in [3.63, 3.8) is 0 Å². The van der Waals surface area contributed by atoms with E-state index in [-0.39, 0.29) is 11.8 Å². The van der Waals surface area contributed by atoms with Crippen molar-refractivity contribution in [1.29, 1.82) is 0 Å². The number of carbonyl (C=O) groups excluding carboxylic acids is 1. The van der Waals surface area contributed by atoms with Crippen molar-refractivity contribution in [1.82, 2.24) is 15.3 Å². The average Bonchev–Trinajstić information content (AvgIpc) is 2.92. The third-order valence-electron chi connectivity index (χ3n) is 2.77. The number of ether oxygens (including phenoxy) is 1. The SMILES string of the molecule is CCNC(=O)c1nc(-c2ccc(OC)nc2)c(CC)o1. The number of hydrogen-bond acceptors (Lipinski definition) is 5. The summed E-state index contributed by atoms with van der Waals surface area (Å²) >= 11 is 0. The zero-order valence-electron chi connectivity index (χ0n) is 11.8. The highest BCUT2D eigenvalue weighted by molar-refractivity contribution is 5.90. The number of aromatic nitrogens is 2. The largest absolute Gasteiger partial charge is 0.481 e. The summed E-state index contributed by atoms with van der Waals surface area (Å²) in [5, 5.41) is 2.67. The van der Waals surface area contributed by atoms with Gasteiger partial charge in [0.25, 0.3) is 5.89 Å². The maximum atomic E-state index is 11.8.